The first-order valence-corrected chi connectivity index (χ1v) is 8.02. The molecule has 0 spiro atoms. The molecule has 0 unspecified atom stereocenters. The Balaban J connectivity index is 2.33. The number of nitrogens with zero attached hydrogens (tertiary/aromatic N) is 1. The van der Waals surface area contributed by atoms with Crippen LogP contribution in [0.15, 0.2) is 0 Å². The molecule has 18 heavy (non-hydrogen) atoms. The Morgan fingerprint density at radius 1 is 1.39 bits per heavy atom. The maximum Gasteiger partial charge on any atom is 0.320 e. The minimum Gasteiger partial charge on any atom is -0.480 e. The van der Waals surface area contributed by atoms with E-state index in [1.54, 1.807) is 0 Å². The lowest BCUT2D eigenvalue weighted by Gasteiger charge is -2.31. The molecular weight excluding hydrogens is 256 g/mol. The zero-order chi connectivity index (χ0) is 13.6. The number of carbonyl (C=O) groups is 1. The molecule has 0 aliphatic carbocycles. The number of piperidine rings is 1. The summed E-state index contributed by atoms with van der Waals surface area (Å²) in [4.78, 5) is 12.7. The van der Waals surface area contributed by atoms with Gasteiger partial charge in [0.05, 0.1) is 0 Å². The van der Waals surface area contributed by atoms with Crippen LogP contribution in [0.3, 0.4) is 0 Å². The standard InChI is InChI=1S/C11H22N2O4S/c1-2-3-6-13-7-4-10(5-8-13)12-18(16,17)9-11(14)15/h10,12H,2-9H2,1H3,(H,14,15). The van der Waals surface area contributed by atoms with E-state index in [0.717, 1.165) is 45.3 Å². The fourth-order valence-corrected chi connectivity index (χ4v) is 3.27. The number of hydrogen-bond donors (Lipinski definition) is 2. The normalized spacial score (nSPS) is 18.9. The molecule has 1 aliphatic rings. The number of sulfonamides is 1. The van der Waals surface area contributed by atoms with Crippen LogP contribution in [-0.4, -0.2) is 55.8 Å². The number of rotatable bonds is 7. The predicted molar refractivity (Wildman–Crippen MR) is 68.9 cm³/mol. The van der Waals surface area contributed by atoms with Gasteiger partial charge in [-0.05, 0) is 38.9 Å². The van der Waals surface area contributed by atoms with Gasteiger partial charge in [0.1, 0.15) is 0 Å². The summed E-state index contributed by atoms with van der Waals surface area (Å²) in [5, 5.41) is 8.49. The number of unbranched alkanes of at least 4 members (excludes halogenated alkanes) is 1. The first kappa shape index (κ1) is 15.4. The Labute approximate surface area is 108 Å². The topological polar surface area (TPSA) is 86.7 Å². The van der Waals surface area contributed by atoms with E-state index in [0.29, 0.717) is 0 Å². The van der Waals surface area contributed by atoms with Crippen molar-refractivity contribution in [2.75, 3.05) is 25.4 Å². The summed E-state index contributed by atoms with van der Waals surface area (Å²) in [6.07, 6.45) is 3.83. The summed E-state index contributed by atoms with van der Waals surface area (Å²) in [5.41, 5.74) is 0. The Kier molecular flexibility index (Phi) is 6.04. The van der Waals surface area contributed by atoms with Gasteiger partial charge in [-0.3, -0.25) is 4.79 Å². The van der Waals surface area contributed by atoms with Gasteiger partial charge in [-0.1, -0.05) is 13.3 Å². The average molecular weight is 278 g/mol. The molecule has 7 heteroatoms. The van der Waals surface area contributed by atoms with Gasteiger partial charge >= 0.3 is 5.97 Å². The third-order valence-corrected chi connectivity index (χ3v) is 4.39. The molecule has 6 nitrogen and oxygen atoms in total. The van der Waals surface area contributed by atoms with Crippen molar-refractivity contribution >= 4 is 16.0 Å². The largest absolute Gasteiger partial charge is 0.480 e. The van der Waals surface area contributed by atoms with Crippen molar-refractivity contribution in [3.05, 3.63) is 0 Å². The summed E-state index contributed by atoms with van der Waals surface area (Å²) in [6, 6.07) is -0.118. The monoisotopic (exact) mass is 278 g/mol. The van der Waals surface area contributed by atoms with E-state index in [9.17, 15) is 13.2 Å². The minimum absolute atomic E-state index is 0.118. The van der Waals surface area contributed by atoms with Crippen molar-refractivity contribution in [3.63, 3.8) is 0 Å². The summed E-state index contributed by atoms with van der Waals surface area (Å²) < 4.78 is 25.4. The van der Waals surface area contributed by atoms with Gasteiger partial charge in [0.2, 0.25) is 10.0 Å². The first-order valence-electron chi connectivity index (χ1n) is 6.37. The lowest BCUT2D eigenvalue weighted by molar-refractivity contribution is -0.134. The van der Waals surface area contributed by atoms with Crippen LogP contribution in [0.5, 0.6) is 0 Å². The van der Waals surface area contributed by atoms with Crippen molar-refractivity contribution in [1.82, 2.24) is 9.62 Å². The molecule has 1 rings (SSSR count). The second kappa shape index (κ2) is 7.06. The van der Waals surface area contributed by atoms with Crippen molar-refractivity contribution in [2.45, 2.75) is 38.6 Å². The highest BCUT2D eigenvalue weighted by Crippen LogP contribution is 2.12. The lowest BCUT2D eigenvalue weighted by Crippen LogP contribution is -2.46. The maximum atomic E-state index is 11.5. The molecule has 2 N–H and O–H groups in total. The van der Waals surface area contributed by atoms with Crippen LogP contribution in [0.25, 0.3) is 0 Å². The molecule has 0 bridgehead atoms. The lowest BCUT2D eigenvalue weighted by atomic mass is 10.1. The van der Waals surface area contributed by atoms with Gasteiger partial charge in [0, 0.05) is 6.04 Å². The van der Waals surface area contributed by atoms with Gasteiger partial charge in [-0.15, -0.1) is 0 Å². The van der Waals surface area contributed by atoms with Crippen LogP contribution in [-0.2, 0) is 14.8 Å². The van der Waals surface area contributed by atoms with Gasteiger partial charge in [-0.2, -0.15) is 0 Å². The molecule has 0 atom stereocenters. The maximum absolute atomic E-state index is 11.5. The number of hydrogen-bond acceptors (Lipinski definition) is 4. The van der Waals surface area contributed by atoms with Gasteiger partial charge in [0.15, 0.2) is 5.75 Å². The third kappa shape index (κ3) is 5.79. The molecule has 1 heterocycles. The molecule has 1 aliphatic heterocycles. The van der Waals surface area contributed by atoms with Crippen LogP contribution >= 0.6 is 0 Å². The number of nitrogens with one attached hydrogen (secondary N) is 1. The highest BCUT2D eigenvalue weighted by Gasteiger charge is 2.24. The van der Waals surface area contributed by atoms with E-state index in [2.05, 4.69) is 16.5 Å². The number of aliphatic carboxylic acids is 1. The molecular formula is C11H22N2O4S. The van der Waals surface area contributed by atoms with E-state index in [4.69, 9.17) is 5.11 Å². The van der Waals surface area contributed by atoms with Crippen LogP contribution in [0.4, 0.5) is 0 Å². The minimum atomic E-state index is -3.68. The molecule has 0 amide bonds. The Bertz CT molecular complexity index is 361. The van der Waals surface area contributed by atoms with Gasteiger partial charge in [0.25, 0.3) is 0 Å². The Morgan fingerprint density at radius 3 is 2.50 bits per heavy atom. The van der Waals surface area contributed by atoms with Gasteiger partial charge < -0.3 is 10.0 Å². The molecule has 0 radical (unpaired) electrons. The number of carboxylic acids is 1. The van der Waals surface area contributed by atoms with E-state index in [1.165, 1.54) is 0 Å². The molecule has 1 saturated heterocycles. The quantitative estimate of drug-likeness (QED) is 0.697. The van der Waals surface area contributed by atoms with E-state index in [-0.39, 0.29) is 6.04 Å². The fourth-order valence-electron chi connectivity index (χ4n) is 2.11. The average Bonchev–Trinajstić information content (AvgIpc) is 2.26. The second-order valence-corrected chi connectivity index (χ2v) is 6.49. The van der Waals surface area contributed by atoms with E-state index >= 15 is 0 Å². The number of likely N-dealkylation sites (tertiary alicyclic amines) is 1. The van der Waals surface area contributed by atoms with E-state index < -0.39 is 21.7 Å². The highest BCUT2D eigenvalue weighted by atomic mass is 32.2. The third-order valence-electron chi connectivity index (χ3n) is 3.08. The Morgan fingerprint density at radius 2 is 2.00 bits per heavy atom. The summed E-state index contributed by atoms with van der Waals surface area (Å²) in [5.74, 6) is -2.16. The predicted octanol–water partition coefficient (Wildman–Crippen LogP) is 0.255. The smallest absolute Gasteiger partial charge is 0.320 e. The van der Waals surface area contributed by atoms with Crippen LogP contribution < -0.4 is 4.72 Å². The Hall–Kier alpha value is -0.660. The SMILES string of the molecule is CCCCN1CCC(NS(=O)(=O)CC(=O)O)CC1. The van der Waals surface area contributed by atoms with Crippen molar-refractivity contribution in [1.29, 1.82) is 0 Å². The molecule has 0 aromatic rings. The molecule has 1 fully saturated rings. The molecule has 0 saturated carbocycles. The second-order valence-electron chi connectivity index (χ2n) is 4.74. The van der Waals surface area contributed by atoms with Crippen molar-refractivity contribution in [3.8, 4) is 0 Å². The van der Waals surface area contributed by atoms with Crippen LogP contribution in [0.1, 0.15) is 32.6 Å². The van der Waals surface area contributed by atoms with Crippen LogP contribution in [0.2, 0.25) is 0 Å². The zero-order valence-corrected chi connectivity index (χ0v) is 11.6. The van der Waals surface area contributed by atoms with Crippen molar-refractivity contribution < 1.29 is 18.3 Å². The fraction of sp³-hybridized carbons (Fsp3) is 0.909. The van der Waals surface area contributed by atoms with E-state index in [1.807, 2.05) is 0 Å². The molecule has 0 aromatic heterocycles. The summed E-state index contributed by atoms with van der Waals surface area (Å²) in [7, 11) is -3.68. The van der Waals surface area contributed by atoms with Crippen LogP contribution in [0, 0.1) is 0 Å². The summed E-state index contributed by atoms with van der Waals surface area (Å²) >= 11 is 0. The summed E-state index contributed by atoms with van der Waals surface area (Å²) in [6.45, 7) is 4.96. The molecule has 106 valence electrons. The number of carboxylic acid groups (broad SMARTS) is 1. The highest BCUT2D eigenvalue weighted by molar-refractivity contribution is 7.90. The first-order chi connectivity index (χ1) is 8.43. The van der Waals surface area contributed by atoms with Crippen molar-refractivity contribution in [2.24, 2.45) is 0 Å². The zero-order valence-electron chi connectivity index (χ0n) is 10.8. The van der Waals surface area contributed by atoms with Gasteiger partial charge in [-0.25, -0.2) is 13.1 Å². The molecule has 0 aromatic carbocycles.